The van der Waals surface area contributed by atoms with Gasteiger partial charge in [-0.3, -0.25) is 13.9 Å². The molecule has 0 aliphatic heterocycles. The number of nitrogens with one attached hydrogen (secondary N) is 1. The number of sulfonamides is 1. The number of benzene rings is 3. The molecule has 3 aromatic carbocycles. The van der Waals surface area contributed by atoms with Crippen LogP contribution in [0, 0.1) is 12.7 Å². The molecule has 0 aliphatic carbocycles. The number of carbonyl (C=O) groups is 2. The number of anilines is 1. The predicted molar refractivity (Wildman–Crippen MR) is 161 cm³/mol. The molecule has 1 N–H and O–H groups in total. The van der Waals surface area contributed by atoms with Crippen molar-refractivity contribution in [3.05, 3.63) is 101 Å². The highest BCUT2D eigenvalue weighted by Gasteiger charge is 2.31. The number of hydrogen-bond acceptors (Lipinski definition) is 4. The van der Waals surface area contributed by atoms with Gasteiger partial charge in [0.2, 0.25) is 21.8 Å². The molecule has 2 amide bonds. The van der Waals surface area contributed by atoms with Crippen LogP contribution in [0.5, 0.6) is 0 Å². The Morgan fingerprint density at radius 3 is 2.22 bits per heavy atom. The minimum atomic E-state index is -3.67. The Bertz CT molecular complexity index is 1400. The molecule has 9 heteroatoms. The van der Waals surface area contributed by atoms with Crippen LogP contribution in [0.2, 0.25) is 0 Å². The fourth-order valence-electron chi connectivity index (χ4n) is 4.61. The van der Waals surface area contributed by atoms with Gasteiger partial charge in [0.15, 0.2) is 0 Å². The molecule has 220 valence electrons. The average Bonchev–Trinajstić information content (AvgIpc) is 2.93. The van der Waals surface area contributed by atoms with Crippen LogP contribution in [0.15, 0.2) is 78.9 Å². The number of aryl methyl sites for hydroxylation is 1. The molecular formula is C32H40FN3O4S. The van der Waals surface area contributed by atoms with E-state index in [1.807, 2.05) is 75.4 Å². The Hall–Kier alpha value is -3.72. The summed E-state index contributed by atoms with van der Waals surface area (Å²) in [6.07, 6.45) is 2.42. The lowest BCUT2D eigenvalue weighted by Gasteiger charge is -2.33. The molecule has 3 aromatic rings. The zero-order chi connectivity index (χ0) is 30.0. The first-order valence-corrected chi connectivity index (χ1v) is 15.7. The smallest absolute Gasteiger partial charge is 0.243 e. The molecule has 0 aliphatic rings. The molecule has 0 saturated heterocycles. The predicted octanol–water partition coefficient (Wildman–Crippen LogP) is 5.24. The van der Waals surface area contributed by atoms with E-state index in [-0.39, 0.29) is 43.8 Å². The second kappa shape index (κ2) is 14.8. The van der Waals surface area contributed by atoms with E-state index >= 15 is 0 Å². The summed E-state index contributed by atoms with van der Waals surface area (Å²) < 4.78 is 39.6. The van der Waals surface area contributed by atoms with Crippen molar-refractivity contribution in [1.29, 1.82) is 0 Å². The summed E-state index contributed by atoms with van der Waals surface area (Å²) >= 11 is 0. The van der Waals surface area contributed by atoms with Crippen LogP contribution in [-0.4, -0.2) is 50.0 Å². The first-order chi connectivity index (χ1) is 19.5. The summed E-state index contributed by atoms with van der Waals surface area (Å²) in [7, 11) is -3.67. The van der Waals surface area contributed by atoms with Crippen molar-refractivity contribution in [3.8, 4) is 0 Å². The first kappa shape index (κ1) is 31.8. The molecule has 0 saturated carbocycles. The van der Waals surface area contributed by atoms with Gasteiger partial charge in [0, 0.05) is 32.0 Å². The van der Waals surface area contributed by atoms with E-state index in [1.165, 1.54) is 28.6 Å². The van der Waals surface area contributed by atoms with E-state index < -0.39 is 21.9 Å². The number of hydrogen-bond donors (Lipinski definition) is 1. The zero-order valence-electron chi connectivity index (χ0n) is 24.2. The van der Waals surface area contributed by atoms with Gasteiger partial charge >= 0.3 is 0 Å². The van der Waals surface area contributed by atoms with Gasteiger partial charge in [-0.25, -0.2) is 12.8 Å². The maximum absolute atomic E-state index is 13.9. The van der Waals surface area contributed by atoms with Crippen LogP contribution < -0.4 is 9.62 Å². The quantitative estimate of drug-likeness (QED) is 0.282. The SMILES string of the molecule is CC[C@H](C)NC(=O)[C@@H](Cc1ccccc1)N(Cc1cccc(C)c1)C(=O)CCCN(c1ccc(F)cc1)S(C)(=O)=O. The molecule has 0 bridgehead atoms. The Morgan fingerprint density at radius 1 is 0.951 bits per heavy atom. The van der Waals surface area contributed by atoms with Crippen molar-refractivity contribution in [3.63, 3.8) is 0 Å². The van der Waals surface area contributed by atoms with E-state index in [0.29, 0.717) is 12.1 Å². The highest BCUT2D eigenvalue weighted by molar-refractivity contribution is 7.92. The minimum Gasteiger partial charge on any atom is -0.352 e. The topological polar surface area (TPSA) is 86.8 Å². The Balaban J connectivity index is 1.89. The number of nitrogens with zero attached hydrogens (tertiary/aromatic N) is 2. The monoisotopic (exact) mass is 581 g/mol. The van der Waals surface area contributed by atoms with E-state index in [1.54, 1.807) is 4.90 Å². The van der Waals surface area contributed by atoms with Crippen LogP contribution in [-0.2, 0) is 32.6 Å². The second-order valence-corrected chi connectivity index (χ2v) is 12.4. The zero-order valence-corrected chi connectivity index (χ0v) is 25.0. The third kappa shape index (κ3) is 9.70. The van der Waals surface area contributed by atoms with Crippen molar-refractivity contribution in [2.45, 2.75) is 65.1 Å². The van der Waals surface area contributed by atoms with Crippen molar-refractivity contribution < 1.29 is 22.4 Å². The van der Waals surface area contributed by atoms with Crippen molar-refractivity contribution in [2.75, 3.05) is 17.1 Å². The highest BCUT2D eigenvalue weighted by Crippen LogP contribution is 2.21. The lowest BCUT2D eigenvalue weighted by molar-refractivity contribution is -0.141. The number of halogens is 1. The number of rotatable bonds is 14. The molecule has 7 nitrogen and oxygen atoms in total. The normalized spacial score (nSPS) is 12.8. The number of amides is 2. The van der Waals surface area contributed by atoms with Crippen LogP contribution in [0.3, 0.4) is 0 Å². The van der Waals surface area contributed by atoms with Gasteiger partial charge in [-0.2, -0.15) is 0 Å². The minimum absolute atomic E-state index is 0.0287. The van der Waals surface area contributed by atoms with E-state index in [4.69, 9.17) is 0 Å². The lowest BCUT2D eigenvalue weighted by Crippen LogP contribution is -2.52. The average molecular weight is 582 g/mol. The Morgan fingerprint density at radius 2 is 1.61 bits per heavy atom. The van der Waals surface area contributed by atoms with Crippen LogP contribution >= 0.6 is 0 Å². The molecule has 0 fully saturated rings. The van der Waals surface area contributed by atoms with Gasteiger partial charge in [0.1, 0.15) is 11.9 Å². The maximum atomic E-state index is 13.9. The van der Waals surface area contributed by atoms with E-state index in [0.717, 1.165) is 29.4 Å². The van der Waals surface area contributed by atoms with Gasteiger partial charge in [0.05, 0.1) is 11.9 Å². The number of carbonyl (C=O) groups excluding carboxylic acids is 2. The molecule has 0 spiro atoms. The maximum Gasteiger partial charge on any atom is 0.243 e. The van der Waals surface area contributed by atoms with Gasteiger partial charge in [0.25, 0.3) is 0 Å². The van der Waals surface area contributed by atoms with Crippen LogP contribution in [0.4, 0.5) is 10.1 Å². The standard InChI is InChI=1S/C32H40FN3O4S/c1-5-25(3)34-32(38)30(22-26-12-7-6-8-13-26)35(23-27-14-9-11-24(2)21-27)31(37)15-10-20-36(41(4,39)40)29-18-16-28(33)17-19-29/h6-9,11-14,16-19,21,25,30H,5,10,15,20,22-23H2,1-4H3,(H,34,38)/t25-,30+/m0/s1. The summed E-state index contributed by atoms with van der Waals surface area (Å²) in [5, 5.41) is 3.05. The van der Waals surface area contributed by atoms with Gasteiger partial charge < -0.3 is 10.2 Å². The van der Waals surface area contributed by atoms with Crippen LogP contribution in [0.25, 0.3) is 0 Å². The molecule has 0 heterocycles. The van der Waals surface area contributed by atoms with Crippen molar-refractivity contribution in [1.82, 2.24) is 10.2 Å². The largest absolute Gasteiger partial charge is 0.352 e. The summed E-state index contributed by atoms with van der Waals surface area (Å²) in [4.78, 5) is 29.1. The summed E-state index contributed by atoms with van der Waals surface area (Å²) in [6.45, 7) is 6.17. The summed E-state index contributed by atoms with van der Waals surface area (Å²) in [5.74, 6) is -0.947. The molecular weight excluding hydrogens is 541 g/mol. The summed E-state index contributed by atoms with van der Waals surface area (Å²) in [6, 6.07) is 21.8. The van der Waals surface area contributed by atoms with E-state index in [2.05, 4.69) is 5.32 Å². The lowest BCUT2D eigenvalue weighted by atomic mass is 10.0. The third-order valence-corrected chi connectivity index (χ3v) is 8.17. The van der Waals surface area contributed by atoms with Crippen molar-refractivity contribution in [2.24, 2.45) is 0 Å². The molecule has 0 radical (unpaired) electrons. The summed E-state index contributed by atoms with van der Waals surface area (Å²) in [5.41, 5.74) is 3.20. The van der Waals surface area contributed by atoms with Crippen molar-refractivity contribution >= 4 is 27.5 Å². The second-order valence-electron chi connectivity index (χ2n) is 10.4. The Labute approximate surface area is 243 Å². The van der Waals surface area contributed by atoms with Gasteiger partial charge in [-0.15, -0.1) is 0 Å². The fourth-order valence-corrected chi connectivity index (χ4v) is 5.58. The molecule has 0 aromatic heterocycles. The molecule has 0 unspecified atom stereocenters. The Kier molecular flexibility index (Phi) is 11.5. The highest BCUT2D eigenvalue weighted by atomic mass is 32.2. The van der Waals surface area contributed by atoms with Gasteiger partial charge in [-0.1, -0.05) is 67.1 Å². The molecule has 41 heavy (non-hydrogen) atoms. The molecule has 2 atom stereocenters. The third-order valence-electron chi connectivity index (χ3n) is 6.97. The first-order valence-electron chi connectivity index (χ1n) is 13.9. The molecule has 3 rings (SSSR count). The van der Waals surface area contributed by atoms with Gasteiger partial charge in [-0.05, 0) is 62.1 Å². The van der Waals surface area contributed by atoms with Crippen LogP contribution in [0.1, 0.15) is 49.8 Å². The van der Waals surface area contributed by atoms with E-state index in [9.17, 15) is 22.4 Å². The fraction of sp³-hybridized carbons (Fsp3) is 0.375.